The number of nitrogens with zero attached hydrogens (tertiary/aromatic N) is 7. The van der Waals surface area contributed by atoms with Crippen molar-refractivity contribution in [3.63, 3.8) is 0 Å². The molecule has 1 fully saturated rings. The molecule has 4 heterocycles. The van der Waals surface area contributed by atoms with Crippen molar-refractivity contribution in [2.45, 2.75) is 18.8 Å². The lowest BCUT2D eigenvalue weighted by Crippen LogP contribution is -2.34. The average Bonchev–Trinajstić information content (AvgIpc) is 3.36. The van der Waals surface area contributed by atoms with Crippen LogP contribution in [0.2, 0.25) is 0 Å². The van der Waals surface area contributed by atoms with Crippen molar-refractivity contribution >= 4 is 28.2 Å². The molecule has 1 aromatic carbocycles. The first-order valence-corrected chi connectivity index (χ1v) is 9.46. The molecule has 0 aliphatic carbocycles. The number of halogens is 1. The van der Waals surface area contributed by atoms with E-state index >= 15 is 0 Å². The SMILES string of the molecule is COc1cc2nc(N)n3nc([C@@H]4CCCN(c5cnn(C)c5)C4)nc3c2cc1F. The maximum absolute atomic E-state index is 14.3. The molecule has 0 amide bonds. The molecule has 3 aromatic heterocycles. The number of benzene rings is 1. The molecule has 0 radical (unpaired) electrons. The van der Waals surface area contributed by atoms with E-state index in [2.05, 4.69) is 20.1 Å². The molecule has 0 spiro atoms. The fraction of sp³-hybridized carbons (Fsp3) is 0.368. The fourth-order valence-electron chi connectivity index (χ4n) is 3.97. The largest absolute Gasteiger partial charge is 0.494 e. The monoisotopic (exact) mass is 396 g/mol. The number of fused-ring (bicyclic) bond motifs is 3. The third-order valence-electron chi connectivity index (χ3n) is 5.43. The van der Waals surface area contributed by atoms with E-state index < -0.39 is 5.82 Å². The van der Waals surface area contributed by atoms with Crippen molar-refractivity contribution in [2.24, 2.45) is 7.05 Å². The minimum absolute atomic E-state index is 0.118. The molecule has 9 nitrogen and oxygen atoms in total. The number of nitrogen functional groups attached to an aromatic ring is 1. The van der Waals surface area contributed by atoms with E-state index in [0.717, 1.165) is 31.6 Å². The van der Waals surface area contributed by atoms with Crippen molar-refractivity contribution < 1.29 is 9.13 Å². The van der Waals surface area contributed by atoms with Crippen molar-refractivity contribution in [1.82, 2.24) is 29.4 Å². The van der Waals surface area contributed by atoms with Crippen molar-refractivity contribution in [3.8, 4) is 5.75 Å². The number of aromatic nitrogens is 6. The molecule has 0 bridgehead atoms. The topological polar surface area (TPSA) is 99.4 Å². The maximum Gasteiger partial charge on any atom is 0.223 e. The van der Waals surface area contributed by atoms with Gasteiger partial charge in [0.15, 0.2) is 23.0 Å². The molecular formula is C19H21FN8O. The number of ether oxygens (including phenoxy) is 1. The molecule has 5 rings (SSSR count). The van der Waals surface area contributed by atoms with Crippen molar-refractivity contribution in [3.05, 3.63) is 36.2 Å². The Balaban J connectivity index is 1.56. The predicted octanol–water partition coefficient (Wildman–Crippen LogP) is 2.12. The number of methoxy groups -OCH3 is 1. The summed E-state index contributed by atoms with van der Waals surface area (Å²) in [6.07, 6.45) is 5.87. The van der Waals surface area contributed by atoms with Gasteiger partial charge in [0.25, 0.3) is 0 Å². The molecule has 1 aliphatic rings. The number of hydrogen-bond acceptors (Lipinski definition) is 7. The summed E-state index contributed by atoms with van der Waals surface area (Å²) in [6.45, 7) is 1.75. The van der Waals surface area contributed by atoms with E-state index in [-0.39, 0.29) is 17.6 Å². The summed E-state index contributed by atoms with van der Waals surface area (Å²) >= 11 is 0. The number of aryl methyl sites for hydroxylation is 1. The first kappa shape index (κ1) is 17.7. The molecule has 1 saturated heterocycles. The molecule has 0 unspecified atom stereocenters. The molecule has 29 heavy (non-hydrogen) atoms. The van der Waals surface area contributed by atoms with Gasteiger partial charge < -0.3 is 15.4 Å². The predicted molar refractivity (Wildman–Crippen MR) is 107 cm³/mol. The summed E-state index contributed by atoms with van der Waals surface area (Å²) in [6, 6.07) is 2.90. The lowest BCUT2D eigenvalue weighted by atomic mass is 9.97. The second kappa shape index (κ2) is 6.57. The van der Waals surface area contributed by atoms with Crippen LogP contribution in [0.15, 0.2) is 24.5 Å². The smallest absolute Gasteiger partial charge is 0.223 e. The molecule has 4 aromatic rings. The lowest BCUT2D eigenvalue weighted by Gasteiger charge is -2.32. The van der Waals surface area contributed by atoms with E-state index in [0.29, 0.717) is 22.4 Å². The van der Waals surface area contributed by atoms with E-state index in [9.17, 15) is 4.39 Å². The molecule has 1 atom stereocenters. The van der Waals surface area contributed by atoms with Gasteiger partial charge in [-0.25, -0.2) is 14.4 Å². The Bertz CT molecular complexity index is 1220. The van der Waals surface area contributed by atoms with Crippen molar-refractivity contribution in [2.75, 3.05) is 30.8 Å². The molecule has 10 heteroatoms. The first-order valence-electron chi connectivity index (χ1n) is 9.46. The van der Waals surface area contributed by atoms with Gasteiger partial charge in [0.05, 0.1) is 24.5 Å². The van der Waals surface area contributed by atoms with Crippen LogP contribution in [0.5, 0.6) is 5.75 Å². The minimum Gasteiger partial charge on any atom is -0.494 e. The van der Waals surface area contributed by atoms with Crippen LogP contribution in [-0.2, 0) is 7.05 Å². The summed E-state index contributed by atoms with van der Waals surface area (Å²) in [5, 5.41) is 9.42. The Labute approximate surface area is 165 Å². The minimum atomic E-state index is -0.474. The van der Waals surface area contributed by atoms with E-state index in [1.807, 2.05) is 19.4 Å². The quantitative estimate of drug-likeness (QED) is 0.566. The highest BCUT2D eigenvalue weighted by atomic mass is 19.1. The third-order valence-corrected chi connectivity index (χ3v) is 5.43. The number of nitrogens with two attached hydrogens (primary N) is 1. The Kier molecular flexibility index (Phi) is 4.00. The van der Waals surface area contributed by atoms with Gasteiger partial charge in [0.2, 0.25) is 5.95 Å². The van der Waals surface area contributed by atoms with Gasteiger partial charge in [-0.05, 0) is 18.9 Å². The number of anilines is 2. The normalized spacial score (nSPS) is 17.3. The zero-order chi connectivity index (χ0) is 20.1. The standard InChI is InChI=1S/C19H21FN8O/c1-26-10-12(8-22-26)27-5-3-4-11(9-27)17-24-18-13-6-14(20)16(29-2)7-15(13)23-19(21)28(18)25-17/h6-8,10-11H,3-5,9H2,1-2H3,(H2,21,23)/t11-/m1/s1. The number of piperidine rings is 1. The molecule has 0 saturated carbocycles. The first-order chi connectivity index (χ1) is 14.0. The van der Waals surface area contributed by atoms with Gasteiger partial charge in [-0.2, -0.15) is 9.61 Å². The highest BCUT2D eigenvalue weighted by Gasteiger charge is 2.26. The zero-order valence-electron chi connectivity index (χ0n) is 16.2. The molecule has 150 valence electrons. The van der Waals surface area contributed by atoms with E-state index in [1.54, 1.807) is 4.68 Å². The maximum atomic E-state index is 14.3. The Morgan fingerprint density at radius 1 is 1.28 bits per heavy atom. The fourth-order valence-corrected chi connectivity index (χ4v) is 3.97. The number of rotatable bonds is 3. The second-order valence-corrected chi connectivity index (χ2v) is 7.34. The van der Waals surface area contributed by atoms with Gasteiger partial charge in [-0.1, -0.05) is 0 Å². The van der Waals surface area contributed by atoms with Crippen LogP contribution in [-0.4, -0.2) is 49.6 Å². The van der Waals surface area contributed by atoms with Crippen LogP contribution in [0.3, 0.4) is 0 Å². The lowest BCUT2D eigenvalue weighted by molar-refractivity contribution is 0.387. The summed E-state index contributed by atoms with van der Waals surface area (Å²) in [7, 11) is 3.32. The van der Waals surface area contributed by atoms with Crippen LogP contribution in [0, 0.1) is 5.82 Å². The third kappa shape index (κ3) is 2.91. The number of hydrogen-bond donors (Lipinski definition) is 1. The van der Waals surface area contributed by atoms with Gasteiger partial charge in [-0.3, -0.25) is 4.68 Å². The van der Waals surface area contributed by atoms with Crippen LogP contribution >= 0.6 is 0 Å². The molecule has 2 N–H and O–H groups in total. The van der Waals surface area contributed by atoms with Crippen LogP contribution in [0.4, 0.5) is 16.0 Å². The van der Waals surface area contributed by atoms with Gasteiger partial charge in [0, 0.05) is 43.7 Å². The van der Waals surface area contributed by atoms with Crippen LogP contribution in [0.1, 0.15) is 24.6 Å². The van der Waals surface area contributed by atoms with Crippen molar-refractivity contribution in [1.29, 1.82) is 0 Å². The summed E-state index contributed by atoms with van der Waals surface area (Å²) in [4.78, 5) is 11.4. The van der Waals surface area contributed by atoms with E-state index in [4.69, 9.17) is 15.5 Å². The zero-order valence-corrected chi connectivity index (χ0v) is 16.2. The Morgan fingerprint density at radius 3 is 2.90 bits per heavy atom. The van der Waals surface area contributed by atoms with Gasteiger partial charge in [0.1, 0.15) is 0 Å². The van der Waals surface area contributed by atoms with E-state index in [1.165, 1.54) is 23.8 Å². The van der Waals surface area contributed by atoms with Crippen LogP contribution in [0.25, 0.3) is 16.6 Å². The Morgan fingerprint density at radius 2 is 2.14 bits per heavy atom. The summed E-state index contributed by atoms with van der Waals surface area (Å²) in [5.74, 6) is 0.684. The second-order valence-electron chi connectivity index (χ2n) is 7.34. The van der Waals surface area contributed by atoms with Crippen LogP contribution < -0.4 is 15.4 Å². The molecular weight excluding hydrogens is 375 g/mol. The highest BCUT2D eigenvalue weighted by Crippen LogP contribution is 2.31. The van der Waals surface area contributed by atoms with Gasteiger partial charge >= 0.3 is 0 Å². The Hall–Kier alpha value is -3.43. The highest BCUT2D eigenvalue weighted by molar-refractivity contribution is 5.93. The average molecular weight is 396 g/mol. The molecule has 1 aliphatic heterocycles. The summed E-state index contributed by atoms with van der Waals surface area (Å²) < 4.78 is 22.6. The summed E-state index contributed by atoms with van der Waals surface area (Å²) in [5.41, 5.74) is 8.22. The van der Waals surface area contributed by atoms with Gasteiger partial charge in [-0.15, -0.1) is 5.10 Å².